The number of aromatic nitrogens is 2. The Balaban J connectivity index is 1.67. The predicted octanol–water partition coefficient (Wildman–Crippen LogP) is 1.32. The topological polar surface area (TPSA) is 50.2 Å². The molecule has 0 aliphatic carbocycles. The highest BCUT2D eigenvalue weighted by Gasteiger charge is 2.36. The molecule has 0 spiro atoms. The smallest absolute Gasteiger partial charge is 0.227 e. The average molecular weight is 290 g/mol. The SMILES string of the molecule is Cc1nn(C)c(C)c1CC(=O)N(C)C1CC2CCC(C1)N2. The fourth-order valence-electron chi connectivity index (χ4n) is 3.90. The van der Waals surface area contributed by atoms with Crippen molar-refractivity contribution in [2.45, 2.75) is 64.1 Å². The zero-order valence-electron chi connectivity index (χ0n) is 13.5. The summed E-state index contributed by atoms with van der Waals surface area (Å²) in [6, 6.07) is 1.63. The van der Waals surface area contributed by atoms with Gasteiger partial charge in [-0.25, -0.2) is 0 Å². The van der Waals surface area contributed by atoms with Gasteiger partial charge in [0.25, 0.3) is 0 Å². The van der Waals surface area contributed by atoms with Crippen molar-refractivity contribution in [2.24, 2.45) is 7.05 Å². The summed E-state index contributed by atoms with van der Waals surface area (Å²) in [4.78, 5) is 14.6. The molecule has 2 fully saturated rings. The van der Waals surface area contributed by atoms with E-state index in [0.29, 0.717) is 24.5 Å². The normalized spacial score (nSPS) is 27.9. The minimum atomic E-state index is 0.223. The number of likely N-dealkylation sites (N-methyl/N-ethyl adjacent to an activating group) is 1. The Morgan fingerprint density at radius 1 is 1.33 bits per heavy atom. The van der Waals surface area contributed by atoms with Crippen LogP contribution < -0.4 is 5.32 Å². The molecule has 5 heteroatoms. The molecule has 2 bridgehead atoms. The maximum atomic E-state index is 12.6. The molecule has 0 saturated carbocycles. The van der Waals surface area contributed by atoms with Crippen molar-refractivity contribution in [3.63, 3.8) is 0 Å². The van der Waals surface area contributed by atoms with Crippen molar-refractivity contribution in [1.29, 1.82) is 0 Å². The fraction of sp³-hybridized carbons (Fsp3) is 0.750. The summed E-state index contributed by atoms with van der Waals surface area (Å²) in [5, 5.41) is 8.04. The maximum Gasteiger partial charge on any atom is 0.227 e. The van der Waals surface area contributed by atoms with E-state index in [4.69, 9.17) is 0 Å². The Bertz CT molecular complexity index is 539. The monoisotopic (exact) mass is 290 g/mol. The highest BCUT2D eigenvalue weighted by Crippen LogP contribution is 2.29. The molecule has 1 amide bonds. The Morgan fingerprint density at radius 2 is 1.95 bits per heavy atom. The summed E-state index contributed by atoms with van der Waals surface area (Å²) in [5.74, 6) is 0.223. The number of nitrogens with zero attached hydrogens (tertiary/aromatic N) is 3. The number of rotatable bonds is 3. The Morgan fingerprint density at radius 3 is 2.48 bits per heavy atom. The van der Waals surface area contributed by atoms with Crippen LogP contribution in [-0.2, 0) is 18.3 Å². The second-order valence-corrected chi connectivity index (χ2v) is 6.72. The Hall–Kier alpha value is -1.36. The molecule has 1 N–H and O–H groups in total. The van der Waals surface area contributed by atoms with Gasteiger partial charge in [-0.3, -0.25) is 9.48 Å². The van der Waals surface area contributed by atoms with E-state index in [-0.39, 0.29) is 5.91 Å². The van der Waals surface area contributed by atoms with E-state index in [1.807, 2.05) is 37.5 Å². The maximum absolute atomic E-state index is 12.6. The van der Waals surface area contributed by atoms with Gasteiger partial charge in [0.1, 0.15) is 0 Å². The summed E-state index contributed by atoms with van der Waals surface area (Å²) >= 11 is 0. The number of amides is 1. The molecule has 3 heterocycles. The number of carbonyl (C=O) groups is 1. The van der Waals surface area contributed by atoms with E-state index in [2.05, 4.69) is 10.4 Å². The van der Waals surface area contributed by atoms with E-state index in [0.717, 1.165) is 29.8 Å². The lowest BCUT2D eigenvalue weighted by Gasteiger charge is -2.35. The fourth-order valence-corrected chi connectivity index (χ4v) is 3.90. The van der Waals surface area contributed by atoms with Crippen LogP contribution >= 0.6 is 0 Å². The lowest BCUT2D eigenvalue weighted by molar-refractivity contribution is -0.131. The van der Waals surface area contributed by atoms with Gasteiger partial charge in [-0.15, -0.1) is 0 Å². The first kappa shape index (κ1) is 14.6. The van der Waals surface area contributed by atoms with Gasteiger partial charge in [0, 0.05) is 43.5 Å². The van der Waals surface area contributed by atoms with Gasteiger partial charge in [-0.1, -0.05) is 0 Å². The molecule has 0 aromatic carbocycles. The van der Waals surface area contributed by atoms with Crippen molar-refractivity contribution in [3.05, 3.63) is 17.0 Å². The minimum absolute atomic E-state index is 0.223. The molecule has 2 saturated heterocycles. The van der Waals surface area contributed by atoms with Crippen LogP contribution in [0.4, 0.5) is 0 Å². The molecule has 2 unspecified atom stereocenters. The Kier molecular flexibility index (Phi) is 3.78. The molecule has 1 aromatic rings. The lowest BCUT2D eigenvalue weighted by atomic mass is 9.98. The van der Waals surface area contributed by atoms with E-state index in [1.54, 1.807) is 0 Å². The number of aryl methyl sites for hydroxylation is 2. The van der Waals surface area contributed by atoms with Crippen LogP contribution in [0, 0.1) is 13.8 Å². The van der Waals surface area contributed by atoms with Gasteiger partial charge in [0.05, 0.1) is 12.1 Å². The molecule has 116 valence electrons. The van der Waals surface area contributed by atoms with Crippen molar-refractivity contribution in [2.75, 3.05) is 7.05 Å². The number of hydrogen-bond donors (Lipinski definition) is 1. The molecule has 2 aliphatic heterocycles. The van der Waals surface area contributed by atoms with Crippen LogP contribution in [-0.4, -0.2) is 45.8 Å². The lowest BCUT2D eigenvalue weighted by Crippen LogP contribution is -2.49. The van der Waals surface area contributed by atoms with Crippen molar-refractivity contribution >= 4 is 5.91 Å². The van der Waals surface area contributed by atoms with Gasteiger partial charge in [0.2, 0.25) is 5.91 Å². The molecular weight excluding hydrogens is 264 g/mol. The van der Waals surface area contributed by atoms with E-state index in [9.17, 15) is 4.79 Å². The molecule has 2 atom stereocenters. The van der Waals surface area contributed by atoms with Crippen molar-refractivity contribution in [1.82, 2.24) is 20.0 Å². The van der Waals surface area contributed by atoms with Gasteiger partial charge in [0.15, 0.2) is 0 Å². The van der Waals surface area contributed by atoms with Crippen LogP contribution in [0.3, 0.4) is 0 Å². The van der Waals surface area contributed by atoms with Gasteiger partial charge >= 0.3 is 0 Å². The molecule has 0 radical (unpaired) electrons. The van der Waals surface area contributed by atoms with Gasteiger partial charge in [-0.05, 0) is 39.5 Å². The third-order valence-corrected chi connectivity index (χ3v) is 5.38. The van der Waals surface area contributed by atoms with E-state index < -0.39 is 0 Å². The number of piperidine rings is 1. The second-order valence-electron chi connectivity index (χ2n) is 6.72. The van der Waals surface area contributed by atoms with Crippen LogP contribution in [0.2, 0.25) is 0 Å². The Labute approximate surface area is 126 Å². The van der Waals surface area contributed by atoms with Crippen LogP contribution in [0.25, 0.3) is 0 Å². The summed E-state index contributed by atoms with van der Waals surface area (Å²) < 4.78 is 1.86. The minimum Gasteiger partial charge on any atom is -0.342 e. The number of carbonyl (C=O) groups excluding carboxylic acids is 1. The quantitative estimate of drug-likeness (QED) is 0.913. The summed E-state index contributed by atoms with van der Waals surface area (Å²) in [5.41, 5.74) is 3.16. The molecule has 5 nitrogen and oxygen atoms in total. The third kappa shape index (κ3) is 2.71. The van der Waals surface area contributed by atoms with Gasteiger partial charge in [-0.2, -0.15) is 5.10 Å². The van der Waals surface area contributed by atoms with Crippen LogP contribution in [0.5, 0.6) is 0 Å². The highest BCUT2D eigenvalue weighted by molar-refractivity contribution is 5.79. The van der Waals surface area contributed by atoms with E-state index in [1.165, 1.54) is 12.8 Å². The summed E-state index contributed by atoms with van der Waals surface area (Å²) in [7, 11) is 3.91. The number of nitrogens with one attached hydrogen (secondary N) is 1. The standard InChI is InChI=1S/C16H26N4O/c1-10-15(11(2)20(4)18-10)9-16(21)19(3)14-7-12-5-6-13(8-14)17-12/h12-14,17H,5-9H2,1-4H3. The van der Waals surface area contributed by atoms with Gasteiger partial charge < -0.3 is 10.2 Å². The van der Waals surface area contributed by atoms with Crippen molar-refractivity contribution < 1.29 is 4.79 Å². The first-order valence-corrected chi connectivity index (χ1v) is 7.96. The molecule has 2 aliphatic rings. The zero-order valence-corrected chi connectivity index (χ0v) is 13.5. The largest absolute Gasteiger partial charge is 0.342 e. The third-order valence-electron chi connectivity index (χ3n) is 5.38. The van der Waals surface area contributed by atoms with Crippen LogP contribution in [0.1, 0.15) is 42.6 Å². The molecular formula is C16H26N4O. The molecule has 3 rings (SSSR count). The number of fused-ring (bicyclic) bond motifs is 2. The second kappa shape index (κ2) is 5.44. The average Bonchev–Trinajstić information content (AvgIpc) is 2.91. The van der Waals surface area contributed by atoms with Crippen molar-refractivity contribution in [3.8, 4) is 0 Å². The first-order chi connectivity index (χ1) is 9.95. The predicted molar refractivity (Wildman–Crippen MR) is 82.1 cm³/mol. The molecule has 21 heavy (non-hydrogen) atoms. The highest BCUT2D eigenvalue weighted by atomic mass is 16.2. The molecule has 1 aromatic heterocycles. The van der Waals surface area contributed by atoms with Crippen LogP contribution in [0.15, 0.2) is 0 Å². The zero-order chi connectivity index (χ0) is 15.1. The van der Waals surface area contributed by atoms with E-state index >= 15 is 0 Å². The number of hydrogen-bond acceptors (Lipinski definition) is 3. The summed E-state index contributed by atoms with van der Waals surface area (Å²) in [6.07, 6.45) is 5.21. The summed E-state index contributed by atoms with van der Waals surface area (Å²) in [6.45, 7) is 4.02. The first-order valence-electron chi connectivity index (χ1n) is 7.96.